The van der Waals surface area contributed by atoms with Crippen molar-refractivity contribution in [3.63, 3.8) is 0 Å². The van der Waals surface area contributed by atoms with E-state index in [4.69, 9.17) is 4.74 Å². The van der Waals surface area contributed by atoms with Crippen LogP contribution in [0.25, 0.3) is 0 Å². The number of benzene rings is 1. The Morgan fingerprint density at radius 3 is 3.00 bits per heavy atom. The van der Waals surface area contributed by atoms with Crippen LogP contribution >= 0.6 is 0 Å². The SMILES string of the molecule is CCCn1cc(OCc2cc(F)ccc2[N+](=O)[O-])cn1. The van der Waals surface area contributed by atoms with Gasteiger partial charge in [0.25, 0.3) is 5.69 Å². The second-order valence-corrected chi connectivity index (χ2v) is 4.26. The van der Waals surface area contributed by atoms with Gasteiger partial charge < -0.3 is 4.74 Å². The number of aryl methyl sites for hydroxylation is 1. The molecule has 2 aromatic rings. The molecule has 2 rings (SSSR count). The van der Waals surface area contributed by atoms with Gasteiger partial charge in [0.2, 0.25) is 0 Å². The molecule has 0 bridgehead atoms. The van der Waals surface area contributed by atoms with Crippen molar-refractivity contribution < 1.29 is 14.1 Å². The molecule has 0 aliphatic rings. The summed E-state index contributed by atoms with van der Waals surface area (Å²) in [5, 5.41) is 14.9. The minimum Gasteiger partial charge on any atom is -0.485 e. The van der Waals surface area contributed by atoms with Crippen LogP contribution in [0.4, 0.5) is 10.1 Å². The first-order valence-electron chi connectivity index (χ1n) is 6.18. The zero-order valence-electron chi connectivity index (χ0n) is 11.0. The van der Waals surface area contributed by atoms with Gasteiger partial charge in [-0.1, -0.05) is 6.92 Å². The highest BCUT2D eigenvalue weighted by Crippen LogP contribution is 2.21. The highest BCUT2D eigenvalue weighted by Gasteiger charge is 2.15. The van der Waals surface area contributed by atoms with Crippen molar-refractivity contribution in [1.29, 1.82) is 0 Å². The molecule has 0 atom stereocenters. The minimum absolute atomic E-state index is 0.0775. The number of nitrogens with zero attached hydrogens (tertiary/aromatic N) is 3. The van der Waals surface area contributed by atoms with Crippen LogP contribution in [0.1, 0.15) is 18.9 Å². The van der Waals surface area contributed by atoms with E-state index < -0.39 is 10.7 Å². The van der Waals surface area contributed by atoms with Crippen LogP contribution < -0.4 is 4.74 Å². The number of nitro groups is 1. The lowest BCUT2D eigenvalue weighted by Crippen LogP contribution is -2.01. The van der Waals surface area contributed by atoms with Crippen LogP contribution in [0.15, 0.2) is 30.6 Å². The zero-order chi connectivity index (χ0) is 14.5. The molecule has 1 heterocycles. The predicted molar refractivity (Wildman–Crippen MR) is 69.9 cm³/mol. The summed E-state index contributed by atoms with van der Waals surface area (Å²) in [4.78, 5) is 10.3. The molecule has 7 heteroatoms. The first kappa shape index (κ1) is 14.0. The summed E-state index contributed by atoms with van der Waals surface area (Å²) in [6, 6.07) is 3.30. The standard InChI is InChI=1S/C13H14FN3O3/c1-2-5-16-8-12(7-15-16)20-9-10-6-11(14)3-4-13(10)17(18)19/h3-4,6-8H,2,5,9H2,1H3. The van der Waals surface area contributed by atoms with E-state index in [1.165, 1.54) is 6.20 Å². The molecule has 1 aromatic carbocycles. The summed E-state index contributed by atoms with van der Waals surface area (Å²) in [6.07, 6.45) is 4.17. The van der Waals surface area contributed by atoms with Gasteiger partial charge in [-0.05, 0) is 18.6 Å². The van der Waals surface area contributed by atoms with Crippen LogP contribution in [0.3, 0.4) is 0 Å². The van der Waals surface area contributed by atoms with E-state index in [-0.39, 0.29) is 17.9 Å². The summed E-state index contributed by atoms with van der Waals surface area (Å²) in [5.74, 6) is -0.0344. The first-order valence-corrected chi connectivity index (χ1v) is 6.18. The van der Waals surface area contributed by atoms with Crippen molar-refractivity contribution in [2.75, 3.05) is 0 Å². The topological polar surface area (TPSA) is 70.2 Å². The van der Waals surface area contributed by atoms with Gasteiger partial charge in [-0.2, -0.15) is 5.10 Å². The molecule has 20 heavy (non-hydrogen) atoms. The van der Waals surface area contributed by atoms with Gasteiger partial charge in [-0.3, -0.25) is 14.8 Å². The van der Waals surface area contributed by atoms with Crippen molar-refractivity contribution in [1.82, 2.24) is 9.78 Å². The summed E-state index contributed by atoms with van der Waals surface area (Å²) in [6.45, 7) is 2.72. The molecule has 0 spiro atoms. The number of hydrogen-bond donors (Lipinski definition) is 0. The molecule has 0 unspecified atom stereocenters. The molecule has 6 nitrogen and oxygen atoms in total. The van der Waals surface area contributed by atoms with Crippen molar-refractivity contribution in [3.8, 4) is 5.75 Å². The largest absolute Gasteiger partial charge is 0.485 e. The lowest BCUT2D eigenvalue weighted by atomic mass is 10.2. The second kappa shape index (κ2) is 6.14. The van der Waals surface area contributed by atoms with Gasteiger partial charge in [0.15, 0.2) is 5.75 Å². The molecule has 0 saturated heterocycles. The molecule has 0 aliphatic carbocycles. The third kappa shape index (κ3) is 3.31. The second-order valence-electron chi connectivity index (χ2n) is 4.26. The van der Waals surface area contributed by atoms with Gasteiger partial charge >= 0.3 is 0 Å². The fraction of sp³-hybridized carbons (Fsp3) is 0.308. The fourth-order valence-corrected chi connectivity index (χ4v) is 1.78. The van der Waals surface area contributed by atoms with E-state index in [2.05, 4.69) is 5.10 Å². The van der Waals surface area contributed by atoms with E-state index in [1.807, 2.05) is 6.92 Å². The van der Waals surface area contributed by atoms with E-state index in [0.29, 0.717) is 5.75 Å². The third-order valence-electron chi connectivity index (χ3n) is 2.69. The quantitative estimate of drug-likeness (QED) is 0.602. The average Bonchev–Trinajstić information content (AvgIpc) is 2.84. The number of aromatic nitrogens is 2. The summed E-state index contributed by atoms with van der Waals surface area (Å²) >= 11 is 0. The zero-order valence-corrected chi connectivity index (χ0v) is 11.0. The molecule has 0 amide bonds. The van der Waals surface area contributed by atoms with Crippen molar-refractivity contribution in [2.24, 2.45) is 0 Å². The first-order chi connectivity index (χ1) is 9.60. The van der Waals surface area contributed by atoms with E-state index >= 15 is 0 Å². The van der Waals surface area contributed by atoms with Gasteiger partial charge in [0, 0.05) is 12.6 Å². The Balaban J connectivity index is 2.09. The van der Waals surface area contributed by atoms with Crippen molar-refractivity contribution in [2.45, 2.75) is 26.5 Å². The van der Waals surface area contributed by atoms with Crippen LogP contribution in [0.2, 0.25) is 0 Å². The Kier molecular flexibility index (Phi) is 4.29. The van der Waals surface area contributed by atoms with Gasteiger partial charge in [-0.25, -0.2) is 4.39 Å². The number of ether oxygens (including phenoxy) is 1. The Labute approximate surface area is 114 Å². The molecule has 0 N–H and O–H groups in total. The molecular weight excluding hydrogens is 265 g/mol. The number of hydrogen-bond acceptors (Lipinski definition) is 4. The van der Waals surface area contributed by atoms with Crippen LogP contribution in [0.5, 0.6) is 5.75 Å². The highest BCUT2D eigenvalue weighted by atomic mass is 19.1. The molecular formula is C13H14FN3O3. The molecule has 0 radical (unpaired) electrons. The highest BCUT2D eigenvalue weighted by molar-refractivity contribution is 5.40. The monoisotopic (exact) mass is 279 g/mol. The molecule has 0 aliphatic heterocycles. The lowest BCUT2D eigenvalue weighted by molar-refractivity contribution is -0.385. The Bertz CT molecular complexity index is 613. The van der Waals surface area contributed by atoms with Crippen LogP contribution in [0, 0.1) is 15.9 Å². The fourth-order valence-electron chi connectivity index (χ4n) is 1.78. The van der Waals surface area contributed by atoms with E-state index in [1.54, 1.807) is 10.9 Å². The summed E-state index contributed by atoms with van der Waals surface area (Å²) < 4.78 is 20.3. The van der Waals surface area contributed by atoms with Crippen molar-refractivity contribution in [3.05, 3.63) is 52.1 Å². The maximum atomic E-state index is 13.1. The lowest BCUT2D eigenvalue weighted by Gasteiger charge is -2.04. The molecule has 106 valence electrons. The average molecular weight is 279 g/mol. The van der Waals surface area contributed by atoms with Crippen LogP contribution in [-0.4, -0.2) is 14.7 Å². The maximum absolute atomic E-state index is 13.1. The molecule has 1 aromatic heterocycles. The summed E-state index contributed by atoms with van der Waals surface area (Å²) in [7, 11) is 0. The smallest absolute Gasteiger partial charge is 0.276 e. The van der Waals surface area contributed by atoms with Gasteiger partial charge in [0.1, 0.15) is 12.4 Å². The Morgan fingerprint density at radius 2 is 2.30 bits per heavy atom. The predicted octanol–water partition coefficient (Wildman–Crippen LogP) is 2.92. The normalized spacial score (nSPS) is 10.5. The number of rotatable bonds is 6. The Hall–Kier alpha value is -2.44. The van der Waals surface area contributed by atoms with Crippen LogP contribution in [-0.2, 0) is 13.2 Å². The molecule has 0 saturated carbocycles. The number of nitro benzene ring substituents is 1. The van der Waals surface area contributed by atoms with E-state index in [9.17, 15) is 14.5 Å². The maximum Gasteiger partial charge on any atom is 0.276 e. The Morgan fingerprint density at radius 1 is 1.50 bits per heavy atom. The summed E-state index contributed by atoms with van der Waals surface area (Å²) in [5.41, 5.74) is 0.0330. The third-order valence-corrected chi connectivity index (χ3v) is 2.69. The van der Waals surface area contributed by atoms with E-state index in [0.717, 1.165) is 31.2 Å². The minimum atomic E-state index is -0.557. The molecule has 0 fully saturated rings. The number of halogens is 1. The van der Waals surface area contributed by atoms with Crippen molar-refractivity contribution >= 4 is 5.69 Å². The van der Waals surface area contributed by atoms with Gasteiger partial charge in [0.05, 0.1) is 22.9 Å². The van der Waals surface area contributed by atoms with Gasteiger partial charge in [-0.15, -0.1) is 0 Å².